The lowest BCUT2D eigenvalue weighted by atomic mass is 10.1. The third-order valence-corrected chi connectivity index (χ3v) is 2.30. The van der Waals surface area contributed by atoms with Gasteiger partial charge < -0.3 is 15.4 Å². The highest BCUT2D eigenvalue weighted by Crippen LogP contribution is 2.10. The van der Waals surface area contributed by atoms with Crippen LogP contribution in [-0.4, -0.2) is 50.3 Å². The molecule has 0 fully saturated rings. The minimum absolute atomic E-state index is 0.108. The molecule has 0 radical (unpaired) electrons. The summed E-state index contributed by atoms with van der Waals surface area (Å²) >= 11 is 0. The molecule has 15 heavy (non-hydrogen) atoms. The maximum absolute atomic E-state index is 11.4. The molecule has 0 aromatic carbocycles. The van der Waals surface area contributed by atoms with Crippen molar-refractivity contribution >= 4 is 12.5 Å². The van der Waals surface area contributed by atoms with E-state index in [0.717, 1.165) is 0 Å². The molecule has 0 aliphatic carbocycles. The van der Waals surface area contributed by atoms with E-state index in [0.29, 0.717) is 13.0 Å². The normalized spacial score (nSPS) is 24.8. The van der Waals surface area contributed by atoms with Crippen LogP contribution >= 0.6 is 0 Å². The SMILES string of the molecule is CNC1C=CCN(C(=O)OC)C1NC=O. The van der Waals surface area contributed by atoms with E-state index in [1.165, 1.54) is 12.0 Å². The minimum atomic E-state index is -0.459. The lowest BCUT2D eigenvalue weighted by molar-refractivity contribution is -0.111. The molecule has 2 amide bonds. The average molecular weight is 213 g/mol. The fourth-order valence-corrected chi connectivity index (χ4v) is 1.56. The lowest BCUT2D eigenvalue weighted by Crippen LogP contribution is -2.59. The Morgan fingerprint density at radius 3 is 2.93 bits per heavy atom. The van der Waals surface area contributed by atoms with Crippen molar-refractivity contribution < 1.29 is 14.3 Å². The highest BCUT2D eigenvalue weighted by Gasteiger charge is 2.30. The second kappa shape index (κ2) is 5.35. The second-order valence-electron chi connectivity index (χ2n) is 3.09. The number of hydrogen-bond acceptors (Lipinski definition) is 4. The zero-order valence-electron chi connectivity index (χ0n) is 8.77. The Labute approximate surface area is 88.3 Å². The molecule has 0 spiro atoms. The summed E-state index contributed by atoms with van der Waals surface area (Å²) in [6, 6.07) is -0.108. The van der Waals surface area contributed by atoms with Crippen LogP contribution in [0.5, 0.6) is 0 Å². The number of rotatable bonds is 3. The Hall–Kier alpha value is -1.56. The maximum atomic E-state index is 11.4. The van der Waals surface area contributed by atoms with Gasteiger partial charge in [-0.05, 0) is 7.05 Å². The van der Waals surface area contributed by atoms with Gasteiger partial charge in [0.1, 0.15) is 6.17 Å². The van der Waals surface area contributed by atoms with Crippen molar-refractivity contribution in [2.45, 2.75) is 12.2 Å². The number of hydrogen-bond donors (Lipinski definition) is 2. The van der Waals surface area contributed by atoms with Crippen LogP contribution in [0.3, 0.4) is 0 Å². The van der Waals surface area contributed by atoms with Gasteiger partial charge in [0.25, 0.3) is 0 Å². The van der Waals surface area contributed by atoms with Crippen LogP contribution in [-0.2, 0) is 9.53 Å². The van der Waals surface area contributed by atoms with Crippen molar-refractivity contribution in [2.75, 3.05) is 20.7 Å². The fourth-order valence-electron chi connectivity index (χ4n) is 1.56. The number of ether oxygens (including phenoxy) is 1. The van der Waals surface area contributed by atoms with Crippen molar-refractivity contribution in [3.05, 3.63) is 12.2 Å². The third kappa shape index (κ3) is 2.47. The number of likely N-dealkylation sites (N-methyl/N-ethyl adjacent to an activating group) is 1. The Morgan fingerprint density at radius 2 is 2.40 bits per heavy atom. The standard InChI is InChI=1S/C9H15N3O3/c1-10-7-4-3-5-12(9(14)15-2)8(7)11-6-13/h3-4,6-8,10H,5H2,1-2H3,(H,11,13). The van der Waals surface area contributed by atoms with Gasteiger partial charge in [0.2, 0.25) is 6.41 Å². The Morgan fingerprint density at radius 1 is 1.67 bits per heavy atom. The minimum Gasteiger partial charge on any atom is -0.453 e. The molecule has 0 saturated heterocycles. The smallest absolute Gasteiger partial charge is 0.411 e. The topological polar surface area (TPSA) is 70.7 Å². The van der Waals surface area contributed by atoms with Crippen molar-refractivity contribution in [1.82, 2.24) is 15.5 Å². The molecule has 0 saturated carbocycles. The Balaban J connectivity index is 2.80. The number of nitrogens with zero attached hydrogens (tertiary/aromatic N) is 1. The summed E-state index contributed by atoms with van der Waals surface area (Å²) in [4.78, 5) is 23.3. The van der Waals surface area contributed by atoms with E-state index < -0.39 is 12.3 Å². The summed E-state index contributed by atoms with van der Waals surface area (Å²) in [5.41, 5.74) is 0. The number of nitrogens with one attached hydrogen (secondary N) is 2. The number of amides is 2. The van der Waals surface area contributed by atoms with Crippen LogP contribution in [0.2, 0.25) is 0 Å². The van der Waals surface area contributed by atoms with Crippen molar-refractivity contribution in [3.8, 4) is 0 Å². The maximum Gasteiger partial charge on any atom is 0.411 e. The number of carbonyl (C=O) groups excluding carboxylic acids is 2. The van der Waals surface area contributed by atoms with Crippen LogP contribution < -0.4 is 10.6 Å². The van der Waals surface area contributed by atoms with Gasteiger partial charge in [-0.25, -0.2) is 4.79 Å². The first kappa shape index (κ1) is 11.5. The van der Waals surface area contributed by atoms with E-state index >= 15 is 0 Å². The Kier molecular flexibility index (Phi) is 4.11. The van der Waals surface area contributed by atoms with Crippen molar-refractivity contribution in [3.63, 3.8) is 0 Å². The van der Waals surface area contributed by atoms with Crippen LogP contribution in [0.4, 0.5) is 4.79 Å². The largest absolute Gasteiger partial charge is 0.453 e. The quantitative estimate of drug-likeness (QED) is 0.479. The highest BCUT2D eigenvalue weighted by atomic mass is 16.5. The first-order valence-corrected chi connectivity index (χ1v) is 4.62. The zero-order chi connectivity index (χ0) is 11.3. The molecule has 0 aromatic heterocycles. The molecule has 6 nitrogen and oxygen atoms in total. The monoisotopic (exact) mass is 213 g/mol. The summed E-state index contributed by atoms with van der Waals surface area (Å²) in [5.74, 6) is 0. The summed E-state index contributed by atoms with van der Waals surface area (Å²) in [6.45, 7) is 0.427. The van der Waals surface area contributed by atoms with Gasteiger partial charge in [-0.1, -0.05) is 12.2 Å². The van der Waals surface area contributed by atoms with Gasteiger partial charge in [0.15, 0.2) is 0 Å². The molecular formula is C9H15N3O3. The van der Waals surface area contributed by atoms with Crippen LogP contribution in [0.1, 0.15) is 0 Å². The van der Waals surface area contributed by atoms with Crippen LogP contribution in [0.25, 0.3) is 0 Å². The molecule has 1 aliphatic heterocycles. The van der Waals surface area contributed by atoms with Gasteiger partial charge >= 0.3 is 6.09 Å². The molecule has 2 N–H and O–H groups in total. The zero-order valence-corrected chi connectivity index (χ0v) is 8.77. The predicted octanol–water partition coefficient (Wildman–Crippen LogP) is -0.715. The molecule has 2 unspecified atom stereocenters. The summed E-state index contributed by atoms with van der Waals surface area (Å²) in [6.07, 6.45) is 3.45. The molecule has 6 heteroatoms. The first-order valence-electron chi connectivity index (χ1n) is 4.62. The number of methoxy groups -OCH3 is 1. The molecule has 1 aliphatic rings. The average Bonchev–Trinajstić information content (AvgIpc) is 2.28. The highest BCUT2D eigenvalue weighted by molar-refractivity contribution is 5.69. The predicted molar refractivity (Wildman–Crippen MR) is 54.1 cm³/mol. The summed E-state index contributed by atoms with van der Waals surface area (Å²) in [7, 11) is 3.07. The molecule has 0 aromatic rings. The molecule has 1 rings (SSSR count). The molecule has 1 heterocycles. The molecule has 0 bridgehead atoms. The van der Waals surface area contributed by atoms with Gasteiger partial charge in [0.05, 0.1) is 13.2 Å². The van der Waals surface area contributed by atoms with Gasteiger partial charge in [-0.3, -0.25) is 9.69 Å². The van der Waals surface area contributed by atoms with E-state index in [-0.39, 0.29) is 6.04 Å². The number of carbonyl (C=O) groups is 2. The van der Waals surface area contributed by atoms with Crippen molar-refractivity contribution in [1.29, 1.82) is 0 Å². The van der Waals surface area contributed by atoms with Gasteiger partial charge in [-0.15, -0.1) is 0 Å². The van der Waals surface area contributed by atoms with E-state index in [4.69, 9.17) is 0 Å². The van der Waals surface area contributed by atoms with E-state index in [1.807, 2.05) is 12.2 Å². The van der Waals surface area contributed by atoms with Crippen LogP contribution in [0, 0.1) is 0 Å². The van der Waals surface area contributed by atoms with E-state index in [9.17, 15) is 9.59 Å². The summed E-state index contributed by atoms with van der Waals surface area (Å²) < 4.78 is 4.63. The van der Waals surface area contributed by atoms with Gasteiger partial charge in [0, 0.05) is 6.54 Å². The lowest BCUT2D eigenvalue weighted by Gasteiger charge is -2.36. The second-order valence-corrected chi connectivity index (χ2v) is 3.09. The third-order valence-electron chi connectivity index (χ3n) is 2.30. The summed E-state index contributed by atoms with van der Waals surface area (Å²) in [5, 5.41) is 5.57. The van der Waals surface area contributed by atoms with E-state index in [2.05, 4.69) is 15.4 Å². The fraction of sp³-hybridized carbons (Fsp3) is 0.556. The molecule has 2 atom stereocenters. The first-order chi connectivity index (χ1) is 7.24. The molecular weight excluding hydrogens is 198 g/mol. The van der Waals surface area contributed by atoms with Crippen molar-refractivity contribution in [2.24, 2.45) is 0 Å². The molecule has 84 valence electrons. The van der Waals surface area contributed by atoms with Crippen LogP contribution in [0.15, 0.2) is 12.2 Å². The van der Waals surface area contributed by atoms with Gasteiger partial charge in [-0.2, -0.15) is 0 Å². The Bertz CT molecular complexity index is 267. The van der Waals surface area contributed by atoms with E-state index in [1.54, 1.807) is 7.05 Å².